The molecule has 0 unspecified atom stereocenters. The standard InChI is InChI=1S/C17H13NO3S/c1-10-6-8-11(9-7-10)18-16(22)14-15(19)12-4-2-3-5-13(12)21-17(14)20/h2-9,19H,1H3,(H,18,22). The normalized spacial score (nSPS) is 10.6. The predicted molar refractivity (Wildman–Crippen MR) is 90.7 cm³/mol. The van der Waals surface area contributed by atoms with E-state index >= 15 is 0 Å². The Bertz CT molecular complexity index is 913. The van der Waals surface area contributed by atoms with Gasteiger partial charge in [-0.3, -0.25) is 0 Å². The Morgan fingerprint density at radius 1 is 1.14 bits per heavy atom. The van der Waals surface area contributed by atoms with Crippen molar-refractivity contribution in [2.24, 2.45) is 0 Å². The van der Waals surface area contributed by atoms with Crippen LogP contribution in [0.5, 0.6) is 5.75 Å². The minimum atomic E-state index is -0.666. The van der Waals surface area contributed by atoms with Crippen LogP contribution in [0.3, 0.4) is 0 Å². The molecule has 1 aromatic heterocycles. The topological polar surface area (TPSA) is 62.5 Å². The summed E-state index contributed by atoms with van der Waals surface area (Å²) in [5.41, 5.74) is 1.48. The molecule has 4 nitrogen and oxygen atoms in total. The van der Waals surface area contributed by atoms with E-state index in [1.54, 1.807) is 24.3 Å². The van der Waals surface area contributed by atoms with Crippen molar-refractivity contribution in [3.05, 3.63) is 70.1 Å². The monoisotopic (exact) mass is 311 g/mol. The lowest BCUT2D eigenvalue weighted by molar-refractivity contribution is 0.466. The number of rotatable bonds is 2. The van der Waals surface area contributed by atoms with Gasteiger partial charge in [-0.1, -0.05) is 42.0 Å². The molecule has 0 spiro atoms. The molecule has 0 bridgehead atoms. The maximum atomic E-state index is 12.1. The molecule has 110 valence electrons. The Morgan fingerprint density at radius 2 is 1.82 bits per heavy atom. The minimum Gasteiger partial charge on any atom is -0.506 e. The third-order valence-electron chi connectivity index (χ3n) is 3.32. The van der Waals surface area contributed by atoms with E-state index in [2.05, 4.69) is 5.32 Å². The molecule has 2 aromatic carbocycles. The second kappa shape index (κ2) is 5.61. The van der Waals surface area contributed by atoms with Crippen LogP contribution in [0.2, 0.25) is 0 Å². The van der Waals surface area contributed by atoms with Crippen LogP contribution in [0.4, 0.5) is 5.69 Å². The van der Waals surface area contributed by atoms with Crippen molar-refractivity contribution >= 4 is 33.9 Å². The van der Waals surface area contributed by atoms with Crippen LogP contribution >= 0.6 is 12.2 Å². The van der Waals surface area contributed by atoms with E-state index in [4.69, 9.17) is 16.6 Å². The molecule has 3 aromatic rings. The fraction of sp³-hybridized carbons (Fsp3) is 0.0588. The first-order valence-corrected chi connectivity index (χ1v) is 7.10. The van der Waals surface area contributed by atoms with Crippen molar-refractivity contribution in [2.45, 2.75) is 6.92 Å². The molecule has 0 aliphatic rings. The van der Waals surface area contributed by atoms with Gasteiger partial charge in [0.2, 0.25) is 0 Å². The van der Waals surface area contributed by atoms with Gasteiger partial charge in [0.05, 0.1) is 5.39 Å². The lowest BCUT2D eigenvalue weighted by Crippen LogP contribution is -2.20. The predicted octanol–water partition coefficient (Wildman–Crippen LogP) is 3.59. The highest BCUT2D eigenvalue weighted by Crippen LogP contribution is 2.26. The molecule has 0 aliphatic heterocycles. The van der Waals surface area contributed by atoms with Gasteiger partial charge in [-0.15, -0.1) is 0 Å². The summed E-state index contributed by atoms with van der Waals surface area (Å²) in [4.78, 5) is 12.2. The molecule has 3 rings (SSSR count). The molecule has 22 heavy (non-hydrogen) atoms. The van der Waals surface area contributed by atoms with Crippen LogP contribution in [0.25, 0.3) is 11.0 Å². The molecule has 2 N–H and O–H groups in total. The van der Waals surface area contributed by atoms with Crippen molar-refractivity contribution in [2.75, 3.05) is 5.32 Å². The molecule has 0 fully saturated rings. The summed E-state index contributed by atoms with van der Waals surface area (Å²) in [6.07, 6.45) is 0. The zero-order chi connectivity index (χ0) is 15.7. The Morgan fingerprint density at radius 3 is 2.55 bits per heavy atom. The van der Waals surface area contributed by atoms with Crippen molar-refractivity contribution < 1.29 is 9.52 Å². The summed E-state index contributed by atoms with van der Waals surface area (Å²) >= 11 is 5.24. The second-order valence-electron chi connectivity index (χ2n) is 4.93. The second-order valence-corrected chi connectivity index (χ2v) is 5.34. The van der Waals surface area contributed by atoms with Crippen molar-refractivity contribution in [3.63, 3.8) is 0 Å². The van der Waals surface area contributed by atoms with E-state index in [9.17, 15) is 9.90 Å². The molecule has 0 atom stereocenters. The fourth-order valence-corrected chi connectivity index (χ4v) is 2.46. The number of hydrogen-bond donors (Lipinski definition) is 2. The quantitative estimate of drug-likeness (QED) is 0.559. The Balaban J connectivity index is 2.04. The Kier molecular flexibility index (Phi) is 3.65. The largest absolute Gasteiger partial charge is 0.506 e. The van der Waals surface area contributed by atoms with Gasteiger partial charge in [-0.05, 0) is 31.2 Å². The van der Waals surface area contributed by atoms with Gasteiger partial charge in [0.25, 0.3) is 0 Å². The molecular weight excluding hydrogens is 298 g/mol. The third kappa shape index (κ3) is 2.58. The SMILES string of the molecule is Cc1ccc(NC(=S)c2c(O)c3ccccc3oc2=O)cc1. The third-order valence-corrected chi connectivity index (χ3v) is 3.63. The fourth-order valence-electron chi connectivity index (χ4n) is 2.16. The summed E-state index contributed by atoms with van der Waals surface area (Å²) in [5, 5.41) is 13.7. The van der Waals surface area contributed by atoms with Crippen LogP contribution in [0, 0.1) is 6.92 Å². The lowest BCUT2D eigenvalue weighted by atomic mass is 10.1. The van der Waals surface area contributed by atoms with E-state index in [1.807, 2.05) is 31.2 Å². The average Bonchev–Trinajstić information content (AvgIpc) is 2.49. The van der Waals surface area contributed by atoms with E-state index in [-0.39, 0.29) is 16.3 Å². The van der Waals surface area contributed by atoms with E-state index in [1.165, 1.54) is 0 Å². The van der Waals surface area contributed by atoms with Crippen LogP contribution in [-0.2, 0) is 0 Å². The zero-order valence-corrected chi connectivity index (χ0v) is 12.6. The Labute approximate surface area is 132 Å². The number of aromatic hydroxyl groups is 1. The van der Waals surface area contributed by atoms with Gasteiger partial charge in [0.15, 0.2) is 0 Å². The molecule has 0 saturated carbocycles. The number of benzene rings is 2. The van der Waals surface area contributed by atoms with Crippen LogP contribution in [0.1, 0.15) is 11.1 Å². The number of anilines is 1. The van der Waals surface area contributed by atoms with E-state index in [0.717, 1.165) is 11.3 Å². The van der Waals surface area contributed by atoms with Crippen molar-refractivity contribution in [3.8, 4) is 5.75 Å². The van der Waals surface area contributed by atoms with E-state index in [0.29, 0.717) is 11.0 Å². The molecule has 5 heteroatoms. The number of aryl methyl sites for hydroxylation is 1. The molecule has 1 heterocycles. The first kappa shape index (κ1) is 14.3. The minimum absolute atomic E-state index is 0.0331. The Hall–Kier alpha value is -2.66. The summed E-state index contributed by atoms with van der Waals surface area (Å²) in [6, 6.07) is 14.3. The van der Waals surface area contributed by atoms with Crippen LogP contribution in [-0.4, -0.2) is 10.1 Å². The average molecular weight is 311 g/mol. The molecule has 0 saturated heterocycles. The highest BCUT2D eigenvalue weighted by molar-refractivity contribution is 7.81. The highest BCUT2D eigenvalue weighted by Gasteiger charge is 2.17. The molecule has 0 amide bonds. The smallest absolute Gasteiger partial charge is 0.350 e. The summed E-state index contributed by atoms with van der Waals surface area (Å²) < 4.78 is 5.21. The number of para-hydroxylation sites is 1. The lowest BCUT2D eigenvalue weighted by Gasteiger charge is -2.10. The van der Waals surface area contributed by atoms with Gasteiger partial charge in [-0.25, -0.2) is 4.79 Å². The number of fused-ring (bicyclic) bond motifs is 1. The van der Waals surface area contributed by atoms with Crippen LogP contribution in [0.15, 0.2) is 57.7 Å². The first-order chi connectivity index (χ1) is 10.6. The summed E-state index contributed by atoms with van der Waals surface area (Å²) in [6.45, 7) is 1.98. The summed E-state index contributed by atoms with van der Waals surface area (Å²) in [5.74, 6) is -0.170. The summed E-state index contributed by atoms with van der Waals surface area (Å²) in [7, 11) is 0. The number of thiocarbonyl (C=S) groups is 1. The van der Waals surface area contributed by atoms with Crippen molar-refractivity contribution in [1.82, 2.24) is 0 Å². The molecular formula is C17H13NO3S. The highest BCUT2D eigenvalue weighted by atomic mass is 32.1. The van der Waals surface area contributed by atoms with Gasteiger partial charge in [0.1, 0.15) is 21.9 Å². The molecule has 0 radical (unpaired) electrons. The van der Waals surface area contributed by atoms with Gasteiger partial charge >= 0.3 is 5.63 Å². The van der Waals surface area contributed by atoms with Crippen molar-refractivity contribution in [1.29, 1.82) is 0 Å². The zero-order valence-electron chi connectivity index (χ0n) is 11.8. The molecule has 0 aliphatic carbocycles. The van der Waals surface area contributed by atoms with Crippen LogP contribution < -0.4 is 10.9 Å². The van der Waals surface area contributed by atoms with Gasteiger partial charge < -0.3 is 14.8 Å². The van der Waals surface area contributed by atoms with Gasteiger partial charge in [0, 0.05) is 5.69 Å². The number of nitrogens with one attached hydrogen (secondary N) is 1. The van der Waals surface area contributed by atoms with Gasteiger partial charge in [-0.2, -0.15) is 0 Å². The maximum absolute atomic E-state index is 12.1. The maximum Gasteiger partial charge on any atom is 0.350 e. The number of hydrogen-bond acceptors (Lipinski definition) is 4. The first-order valence-electron chi connectivity index (χ1n) is 6.69. The van der Waals surface area contributed by atoms with E-state index < -0.39 is 5.63 Å².